The molecule has 2 heterocycles. The van der Waals surface area contributed by atoms with Gasteiger partial charge in [-0.3, -0.25) is 9.69 Å². The third-order valence-corrected chi connectivity index (χ3v) is 7.37. The van der Waals surface area contributed by atoms with Gasteiger partial charge < -0.3 is 9.64 Å². The molecule has 2 atom stereocenters. The van der Waals surface area contributed by atoms with Gasteiger partial charge in [-0.2, -0.15) is 5.26 Å². The predicted molar refractivity (Wildman–Crippen MR) is 133 cm³/mol. The van der Waals surface area contributed by atoms with Gasteiger partial charge in [0.2, 0.25) is 5.91 Å². The Labute approximate surface area is 201 Å². The van der Waals surface area contributed by atoms with Gasteiger partial charge >= 0.3 is 0 Å². The summed E-state index contributed by atoms with van der Waals surface area (Å²) < 4.78 is 5.60. The molecule has 34 heavy (non-hydrogen) atoms. The topological polar surface area (TPSA) is 56.6 Å². The summed E-state index contributed by atoms with van der Waals surface area (Å²) in [5.74, 6) is 0.895. The summed E-state index contributed by atoms with van der Waals surface area (Å²) in [6, 6.07) is 26.2. The van der Waals surface area contributed by atoms with Gasteiger partial charge in [-0.25, -0.2) is 0 Å². The number of methoxy groups -OCH3 is 1. The molecule has 0 saturated carbocycles. The van der Waals surface area contributed by atoms with E-state index in [4.69, 9.17) is 4.74 Å². The van der Waals surface area contributed by atoms with Crippen molar-refractivity contribution in [3.63, 3.8) is 0 Å². The number of carbonyl (C=O) groups excluding carboxylic acids is 1. The molecule has 0 unspecified atom stereocenters. The number of likely N-dealkylation sites (tertiary alicyclic amines) is 1. The molecule has 0 bridgehead atoms. The second-order valence-corrected chi connectivity index (χ2v) is 9.45. The predicted octanol–water partition coefficient (Wildman–Crippen LogP) is 5.21. The Balaban J connectivity index is 1.69. The second-order valence-electron chi connectivity index (χ2n) is 9.45. The smallest absolute Gasteiger partial charge is 0.240 e. The van der Waals surface area contributed by atoms with Crippen LogP contribution in [0.5, 0.6) is 5.75 Å². The van der Waals surface area contributed by atoms with Gasteiger partial charge in [-0.05, 0) is 67.3 Å². The number of benzene rings is 3. The normalized spacial score (nSPS) is 21.8. The first-order valence-corrected chi connectivity index (χ1v) is 11.8. The number of hydrogen-bond acceptors (Lipinski definition) is 4. The van der Waals surface area contributed by atoms with Crippen molar-refractivity contribution >= 4 is 11.6 Å². The van der Waals surface area contributed by atoms with Crippen LogP contribution in [0.1, 0.15) is 48.6 Å². The van der Waals surface area contributed by atoms with E-state index in [0.717, 1.165) is 41.1 Å². The quantitative estimate of drug-likeness (QED) is 0.535. The summed E-state index contributed by atoms with van der Waals surface area (Å²) in [6.07, 6.45) is 0.736. The first kappa shape index (κ1) is 22.2. The molecule has 5 heteroatoms. The molecule has 0 N–H and O–H groups in total. The van der Waals surface area contributed by atoms with Gasteiger partial charge in [0.1, 0.15) is 5.75 Å². The van der Waals surface area contributed by atoms with E-state index in [9.17, 15) is 10.1 Å². The van der Waals surface area contributed by atoms with E-state index in [1.807, 2.05) is 59.5 Å². The molecule has 172 valence electrons. The minimum atomic E-state index is -0.711. The fraction of sp³-hybridized carbons (Fsp3) is 0.310. The Kier molecular flexibility index (Phi) is 5.63. The van der Waals surface area contributed by atoms with Crippen molar-refractivity contribution in [1.29, 1.82) is 5.26 Å². The number of ether oxygens (including phenoxy) is 1. The van der Waals surface area contributed by atoms with E-state index < -0.39 is 5.41 Å². The molecule has 2 aliphatic rings. The van der Waals surface area contributed by atoms with E-state index in [0.29, 0.717) is 12.1 Å². The maximum Gasteiger partial charge on any atom is 0.240 e. The lowest BCUT2D eigenvalue weighted by molar-refractivity contribution is -0.124. The highest BCUT2D eigenvalue weighted by molar-refractivity contribution is 6.09. The summed E-state index contributed by atoms with van der Waals surface area (Å²) in [4.78, 5) is 18.8. The molecule has 2 aliphatic heterocycles. The van der Waals surface area contributed by atoms with Crippen LogP contribution < -0.4 is 9.64 Å². The van der Waals surface area contributed by atoms with Crippen molar-refractivity contribution in [2.24, 2.45) is 0 Å². The first-order valence-electron chi connectivity index (χ1n) is 11.8. The van der Waals surface area contributed by atoms with Gasteiger partial charge in [0, 0.05) is 18.3 Å². The zero-order chi connectivity index (χ0) is 23.9. The van der Waals surface area contributed by atoms with E-state index in [1.165, 1.54) is 0 Å². The standard InChI is InChI=1S/C29H29N3O2/c1-20(2)31-16-15-29(27(31)23-11-9-21(18-30)10-12-23)25-17-24(34-3)13-14-26(25)32(28(29)33)19-22-7-5-4-6-8-22/h4-14,17,20,27H,15-16,19H2,1-3H3/t27-,29-/m0/s1. The van der Waals surface area contributed by atoms with Crippen molar-refractivity contribution in [2.75, 3.05) is 18.6 Å². The lowest BCUT2D eigenvalue weighted by atomic mass is 9.72. The van der Waals surface area contributed by atoms with Crippen LogP contribution in [-0.4, -0.2) is 30.5 Å². The van der Waals surface area contributed by atoms with Gasteiger partial charge in [0.15, 0.2) is 0 Å². The molecule has 3 aromatic carbocycles. The maximum absolute atomic E-state index is 14.5. The number of amides is 1. The average Bonchev–Trinajstić information content (AvgIpc) is 3.38. The van der Waals surface area contributed by atoms with Crippen molar-refractivity contribution < 1.29 is 9.53 Å². The van der Waals surface area contributed by atoms with Crippen LogP contribution in [0, 0.1) is 11.3 Å². The molecule has 0 radical (unpaired) electrons. The summed E-state index contributed by atoms with van der Waals surface area (Å²) in [7, 11) is 1.67. The largest absolute Gasteiger partial charge is 0.497 e. The Bertz CT molecular complexity index is 1250. The number of carbonyl (C=O) groups is 1. The third-order valence-electron chi connectivity index (χ3n) is 7.37. The zero-order valence-electron chi connectivity index (χ0n) is 19.9. The summed E-state index contributed by atoms with van der Waals surface area (Å²) >= 11 is 0. The van der Waals surface area contributed by atoms with Crippen molar-refractivity contribution in [2.45, 2.75) is 44.3 Å². The number of fused-ring (bicyclic) bond motifs is 2. The van der Waals surface area contributed by atoms with Crippen molar-refractivity contribution in [1.82, 2.24) is 4.90 Å². The molecule has 1 saturated heterocycles. The van der Waals surface area contributed by atoms with E-state index in [2.05, 4.69) is 43.0 Å². The number of nitrogens with zero attached hydrogens (tertiary/aromatic N) is 3. The number of nitriles is 1. The fourth-order valence-corrected chi connectivity index (χ4v) is 5.76. The Morgan fingerprint density at radius 3 is 2.47 bits per heavy atom. The Hall–Kier alpha value is -3.62. The van der Waals surface area contributed by atoms with Gasteiger partial charge in [0.25, 0.3) is 0 Å². The van der Waals surface area contributed by atoms with Crippen molar-refractivity contribution in [3.05, 3.63) is 95.1 Å². The molecule has 0 aliphatic carbocycles. The molecule has 0 aromatic heterocycles. The molecular weight excluding hydrogens is 422 g/mol. The molecular formula is C29H29N3O2. The van der Waals surface area contributed by atoms with Crippen LogP contribution in [-0.2, 0) is 16.8 Å². The Morgan fingerprint density at radius 1 is 1.09 bits per heavy atom. The summed E-state index contributed by atoms with van der Waals surface area (Å²) in [5, 5.41) is 9.31. The third kappa shape index (κ3) is 3.38. The summed E-state index contributed by atoms with van der Waals surface area (Å²) in [5.41, 5.74) is 4.07. The lowest BCUT2D eigenvalue weighted by Crippen LogP contribution is -2.45. The molecule has 1 spiro atoms. The zero-order valence-corrected chi connectivity index (χ0v) is 19.9. The van der Waals surface area contributed by atoms with Gasteiger partial charge in [-0.1, -0.05) is 42.5 Å². The highest BCUT2D eigenvalue weighted by atomic mass is 16.5. The van der Waals surface area contributed by atoms with Crippen molar-refractivity contribution in [3.8, 4) is 11.8 Å². The SMILES string of the molecule is COc1ccc2c(c1)[C@]1(CCN(C(C)C)[C@H]1c1ccc(C#N)cc1)C(=O)N2Cc1ccccc1. The van der Waals surface area contributed by atoms with E-state index in [1.54, 1.807) is 7.11 Å². The molecule has 3 aromatic rings. The molecule has 5 nitrogen and oxygen atoms in total. The monoisotopic (exact) mass is 451 g/mol. The highest BCUT2D eigenvalue weighted by Gasteiger charge is 2.61. The average molecular weight is 452 g/mol. The molecule has 1 amide bonds. The lowest BCUT2D eigenvalue weighted by Gasteiger charge is -2.37. The second kappa shape index (κ2) is 8.62. The van der Waals surface area contributed by atoms with Crippen LogP contribution in [0.2, 0.25) is 0 Å². The number of rotatable bonds is 5. The van der Waals surface area contributed by atoms with Crippen LogP contribution >= 0.6 is 0 Å². The number of hydrogen-bond donors (Lipinski definition) is 0. The molecule has 1 fully saturated rings. The fourth-order valence-electron chi connectivity index (χ4n) is 5.76. The van der Waals surface area contributed by atoms with Crippen LogP contribution in [0.15, 0.2) is 72.8 Å². The minimum absolute atomic E-state index is 0.126. The first-order chi connectivity index (χ1) is 16.5. The van der Waals surface area contributed by atoms with Crippen LogP contribution in [0.4, 0.5) is 5.69 Å². The van der Waals surface area contributed by atoms with Gasteiger partial charge in [-0.15, -0.1) is 0 Å². The number of anilines is 1. The maximum atomic E-state index is 14.5. The Morgan fingerprint density at radius 2 is 1.82 bits per heavy atom. The minimum Gasteiger partial charge on any atom is -0.497 e. The molecule has 5 rings (SSSR count). The van der Waals surface area contributed by atoms with E-state index >= 15 is 0 Å². The van der Waals surface area contributed by atoms with Gasteiger partial charge in [0.05, 0.1) is 36.7 Å². The highest BCUT2D eigenvalue weighted by Crippen LogP contribution is 2.58. The summed E-state index contributed by atoms with van der Waals surface area (Å²) in [6.45, 7) is 5.72. The van der Waals surface area contributed by atoms with Crippen LogP contribution in [0.25, 0.3) is 0 Å². The van der Waals surface area contributed by atoms with Crippen LogP contribution in [0.3, 0.4) is 0 Å². The van der Waals surface area contributed by atoms with E-state index in [-0.39, 0.29) is 18.0 Å².